The molecule has 0 atom stereocenters. The van der Waals surface area contributed by atoms with Gasteiger partial charge in [0, 0.05) is 26.6 Å². The Balaban J connectivity index is 0.00000512. The third-order valence-electron chi connectivity index (χ3n) is 4.82. The number of hydrogen-bond acceptors (Lipinski definition) is 6. The summed E-state index contributed by atoms with van der Waals surface area (Å²) < 4.78 is 11.2. The van der Waals surface area contributed by atoms with E-state index in [4.69, 9.17) is 20.9 Å². The lowest BCUT2D eigenvalue weighted by atomic mass is 10.1. The largest absolute Gasteiger partial charge is 0.495 e. The average molecular weight is 501 g/mol. The lowest BCUT2D eigenvalue weighted by molar-refractivity contribution is -0.120. The van der Waals surface area contributed by atoms with Crippen LogP contribution in [0.25, 0.3) is 0 Å². The van der Waals surface area contributed by atoms with Crippen molar-refractivity contribution in [1.82, 2.24) is 5.32 Å². The highest BCUT2D eigenvalue weighted by Gasteiger charge is 2.21. The molecule has 2 amide bonds. The van der Waals surface area contributed by atoms with Crippen LogP contribution in [0.5, 0.6) is 11.5 Å². The van der Waals surface area contributed by atoms with E-state index in [-0.39, 0.29) is 36.6 Å². The van der Waals surface area contributed by atoms with Gasteiger partial charge in [-0.3, -0.25) is 9.59 Å². The zero-order chi connectivity index (χ0) is 22.8. The lowest BCUT2D eigenvalue weighted by Crippen LogP contribution is -2.28. The number of para-hydroxylation sites is 1. The minimum Gasteiger partial charge on any atom is -0.495 e. The summed E-state index contributed by atoms with van der Waals surface area (Å²) in [6, 6.07) is 10.8. The maximum Gasteiger partial charge on any atom is 0.260 e. The second kappa shape index (κ2) is 15.2. The van der Waals surface area contributed by atoms with Gasteiger partial charge < -0.3 is 31.2 Å². The number of methoxy groups -OCH3 is 1. The van der Waals surface area contributed by atoms with Gasteiger partial charge >= 0.3 is 0 Å². The molecule has 0 spiro atoms. The van der Waals surface area contributed by atoms with Crippen LogP contribution in [0.4, 0.5) is 11.4 Å². The van der Waals surface area contributed by atoms with Crippen LogP contribution in [0.2, 0.25) is 0 Å². The normalized spacial score (nSPS) is 9.82. The summed E-state index contributed by atoms with van der Waals surface area (Å²) in [5.74, 6) is 0.775. The number of unbranched alkanes of at least 4 members (excludes halogenated alkanes) is 1. The number of ether oxygens (including phenoxy) is 2. The number of nitrogens with zero attached hydrogens (tertiary/aromatic N) is 1. The number of nitrogens with two attached hydrogens (primary N) is 2. The van der Waals surface area contributed by atoms with Crippen molar-refractivity contribution in [2.75, 3.05) is 44.5 Å². The van der Waals surface area contributed by atoms with Crippen LogP contribution in [0, 0.1) is 6.92 Å². The van der Waals surface area contributed by atoms with E-state index < -0.39 is 0 Å². The molecule has 0 bridgehead atoms. The van der Waals surface area contributed by atoms with E-state index in [2.05, 4.69) is 5.32 Å². The summed E-state index contributed by atoms with van der Waals surface area (Å²) >= 11 is 0. The standard InChI is InChI=1S/C23H32N4O4.2ClH/c1-16-9-10-18(20(15-16)31-14-5-4-13-26-21(28)11-12-24)27(2)23(29)17-7-6-8-19(30-3)22(17)25;;/h6-10,15H,4-5,11-14,24-25H2,1-3H3,(H,26,28);2*1H. The summed E-state index contributed by atoms with van der Waals surface area (Å²) in [6.07, 6.45) is 1.88. The molecule has 5 N–H and O–H groups in total. The number of halogens is 2. The minimum absolute atomic E-state index is 0. The van der Waals surface area contributed by atoms with Crippen LogP contribution in [0.15, 0.2) is 36.4 Å². The van der Waals surface area contributed by atoms with Gasteiger partial charge in [-0.15, -0.1) is 24.8 Å². The van der Waals surface area contributed by atoms with Crippen molar-refractivity contribution < 1.29 is 19.1 Å². The quantitative estimate of drug-likeness (QED) is 0.321. The number of rotatable bonds is 11. The maximum atomic E-state index is 13.1. The van der Waals surface area contributed by atoms with E-state index in [0.717, 1.165) is 18.4 Å². The summed E-state index contributed by atoms with van der Waals surface area (Å²) in [5, 5.41) is 2.82. The number of anilines is 2. The molecular formula is C23H34Cl2N4O4. The third-order valence-corrected chi connectivity index (χ3v) is 4.82. The summed E-state index contributed by atoms with van der Waals surface area (Å²) in [4.78, 5) is 26.0. The van der Waals surface area contributed by atoms with Crippen molar-refractivity contribution in [1.29, 1.82) is 0 Å². The van der Waals surface area contributed by atoms with Gasteiger partial charge in [0.15, 0.2) is 0 Å². The first-order valence-electron chi connectivity index (χ1n) is 10.3. The molecule has 2 rings (SSSR count). The molecule has 0 aliphatic heterocycles. The van der Waals surface area contributed by atoms with Crippen LogP contribution in [-0.2, 0) is 4.79 Å². The van der Waals surface area contributed by atoms with Crippen molar-refractivity contribution in [3.63, 3.8) is 0 Å². The first-order valence-corrected chi connectivity index (χ1v) is 10.3. The zero-order valence-electron chi connectivity index (χ0n) is 19.3. The number of benzene rings is 2. The zero-order valence-corrected chi connectivity index (χ0v) is 20.9. The Kier molecular flexibility index (Phi) is 14.0. The Morgan fingerprint density at radius 3 is 2.48 bits per heavy atom. The summed E-state index contributed by atoms with van der Waals surface area (Å²) in [7, 11) is 3.20. The van der Waals surface area contributed by atoms with E-state index in [1.165, 1.54) is 12.0 Å². The monoisotopic (exact) mass is 500 g/mol. The molecule has 0 aliphatic carbocycles. The molecule has 0 aromatic heterocycles. The number of hydrogen-bond donors (Lipinski definition) is 3. The highest BCUT2D eigenvalue weighted by atomic mass is 35.5. The Labute approximate surface area is 207 Å². The van der Waals surface area contributed by atoms with Crippen LogP contribution >= 0.6 is 24.8 Å². The molecule has 0 saturated heterocycles. The van der Waals surface area contributed by atoms with Crippen molar-refractivity contribution in [3.8, 4) is 11.5 Å². The molecular weight excluding hydrogens is 467 g/mol. The van der Waals surface area contributed by atoms with E-state index in [1.807, 2.05) is 25.1 Å². The predicted molar refractivity (Wildman–Crippen MR) is 137 cm³/mol. The molecule has 10 heteroatoms. The van der Waals surface area contributed by atoms with E-state index in [9.17, 15) is 9.59 Å². The number of aryl methyl sites for hydroxylation is 1. The van der Waals surface area contributed by atoms with Gasteiger partial charge in [-0.2, -0.15) is 0 Å². The fourth-order valence-electron chi connectivity index (χ4n) is 3.07. The number of nitrogen functional groups attached to an aromatic ring is 1. The third kappa shape index (κ3) is 8.64. The van der Waals surface area contributed by atoms with Gasteiger partial charge in [0.25, 0.3) is 5.91 Å². The Bertz CT molecular complexity index is 912. The van der Waals surface area contributed by atoms with E-state index in [0.29, 0.717) is 54.6 Å². The molecule has 0 heterocycles. The van der Waals surface area contributed by atoms with Gasteiger partial charge in [-0.25, -0.2) is 0 Å². The van der Waals surface area contributed by atoms with Crippen LogP contribution in [0.3, 0.4) is 0 Å². The Morgan fingerprint density at radius 2 is 1.82 bits per heavy atom. The van der Waals surface area contributed by atoms with Crippen LogP contribution < -0.4 is 31.2 Å². The highest BCUT2D eigenvalue weighted by molar-refractivity contribution is 6.10. The fraction of sp³-hybridized carbons (Fsp3) is 0.391. The Hall–Kier alpha value is -2.68. The van der Waals surface area contributed by atoms with Crippen LogP contribution in [-0.4, -0.2) is 45.7 Å². The molecule has 0 radical (unpaired) electrons. The molecule has 8 nitrogen and oxygen atoms in total. The maximum absolute atomic E-state index is 13.1. The Morgan fingerprint density at radius 1 is 1.09 bits per heavy atom. The van der Waals surface area contributed by atoms with Gasteiger partial charge in [-0.05, 0) is 49.6 Å². The second-order valence-electron chi connectivity index (χ2n) is 7.20. The van der Waals surface area contributed by atoms with Crippen molar-refractivity contribution >= 4 is 48.0 Å². The number of amides is 2. The molecule has 2 aromatic rings. The minimum atomic E-state index is -0.257. The topological polar surface area (TPSA) is 120 Å². The second-order valence-corrected chi connectivity index (χ2v) is 7.20. The lowest BCUT2D eigenvalue weighted by Gasteiger charge is -2.22. The SMILES string of the molecule is COc1cccc(C(=O)N(C)c2ccc(C)cc2OCCCCNC(=O)CCN)c1N.Cl.Cl. The number of carbonyl (C=O) groups is 2. The van der Waals surface area contributed by atoms with E-state index in [1.54, 1.807) is 25.2 Å². The molecule has 0 saturated carbocycles. The van der Waals surface area contributed by atoms with Gasteiger partial charge in [0.2, 0.25) is 5.91 Å². The van der Waals surface area contributed by atoms with E-state index >= 15 is 0 Å². The molecule has 0 aliphatic rings. The highest BCUT2D eigenvalue weighted by Crippen LogP contribution is 2.32. The first kappa shape index (κ1) is 30.3. The van der Waals surface area contributed by atoms with Crippen molar-refractivity contribution in [2.24, 2.45) is 5.73 Å². The molecule has 0 unspecified atom stereocenters. The fourth-order valence-corrected chi connectivity index (χ4v) is 3.07. The van der Waals surface area contributed by atoms with Crippen LogP contribution in [0.1, 0.15) is 35.2 Å². The summed E-state index contributed by atoms with van der Waals surface area (Å²) in [6.45, 7) is 3.35. The first-order chi connectivity index (χ1) is 14.9. The molecule has 0 fully saturated rings. The molecule has 184 valence electrons. The van der Waals surface area contributed by atoms with Crippen molar-refractivity contribution in [3.05, 3.63) is 47.5 Å². The summed E-state index contributed by atoms with van der Waals surface area (Å²) in [5.41, 5.74) is 13.8. The van der Waals surface area contributed by atoms with Gasteiger partial charge in [0.05, 0.1) is 30.7 Å². The molecule has 33 heavy (non-hydrogen) atoms. The van der Waals surface area contributed by atoms with Crippen molar-refractivity contribution in [2.45, 2.75) is 26.2 Å². The number of carbonyl (C=O) groups excluding carboxylic acids is 2. The predicted octanol–water partition coefficient (Wildman–Crippen LogP) is 3.33. The average Bonchev–Trinajstić information content (AvgIpc) is 2.75. The van der Waals surface area contributed by atoms with Gasteiger partial charge in [0.1, 0.15) is 11.5 Å². The molecule has 2 aromatic carbocycles. The smallest absolute Gasteiger partial charge is 0.260 e. The van der Waals surface area contributed by atoms with Gasteiger partial charge in [-0.1, -0.05) is 12.1 Å². The number of nitrogens with one attached hydrogen (secondary N) is 1.